The Kier molecular flexibility index (Phi) is 3.80. The monoisotopic (exact) mass is 336 g/mol. The third-order valence-electron chi connectivity index (χ3n) is 3.08. The van der Waals surface area contributed by atoms with E-state index in [1.54, 1.807) is 23.0 Å². The van der Waals surface area contributed by atoms with Crippen molar-refractivity contribution >= 4 is 35.4 Å². The highest BCUT2D eigenvalue weighted by molar-refractivity contribution is 7.71. The van der Waals surface area contributed by atoms with Crippen LogP contribution in [0.5, 0.6) is 0 Å². The number of aromatic nitrogens is 4. The van der Waals surface area contributed by atoms with Gasteiger partial charge in [0.1, 0.15) is 0 Å². The number of rotatable bonds is 2. The molecule has 3 aromatic rings. The minimum atomic E-state index is 0.448. The normalized spacial score (nSPS) is 10.8. The van der Waals surface area contributed by atoms with E-state index in [1.807, 2.05) is 25.1 Å². The number of hydrogen-bond donors (Lipinski definition) is 1. The summed E-state index contributed by atoms with van der Waals surface area (Å²) in [5.74, 6) is 0.657. The summed E-state index contributed by atoms with van der Waals surface area (Å²) in [6, 6.07) is 7.30. The smallest absolute Gasteiger partial charge is 0.200 e. The molecule has 0 aliphatic rings. The van der Waals surface area contributed by atoms with E-state index in [9.17, 15) is 0 Å². The lowest BCUT2D eigenvalue weighted by atomic mass is 10.2. The van der Waals surface area contributed by atoms with Gasteiger partial charge in [-0.1, -0.05) is 23.2 Å². The molecule has 7 heteroatoms. The van der Waals surface area contributed by atoms with E-state index in [-0.39, 0.29) is 0 Å². The number of nitrogens with one attached hydrogen (secondary N) is 1. The lowest BCUT2D eigenvalue weighted by Crippen LogP contribution is -1.99. The van der Waals surface area contributed by atoms with Gasteiger partial charge < -0.3 is 0 Å². The van der Waals surface area contributed by atoms with Crippen molar-refractivity contribution in [1.82, 2.24) is 19.7 Å². The topological polar surface area (TPSA) is 46.5 Å². The predicted octanol–water partition coefficient (Wildman–Crippen LogP) is 4.61. The van der Waals surface area contributed by atoms with Gasteiger partial charge >= 0.3 is 0 Å². The van der Waals surface area contributed by atoms with E-state index in [1.165, 1.54) is 0 Å². The first kappa shape index (κ1) is 14.3. The molecule has 4 nitrogen and oxygen atoms in total. The molecule has 0 atom stereocenters. The Morgan fingerprint density at radius 1 is 1.14 bits per heavy atom. The van der Waals surface area contributed by atoms with E-state index in [0.717, 1.165) is 11.1 Å². The molecule has 1 N–H and O–H groups in total. The number of H-pyrrole nitrogens is 1. The maximum absolute atomic E-state index is 6.34. The van der Waals surface area contributed by atoms with Crippen LogP contribution in [0, 0.1) is 11.7 Å². The van der Waals surface area contributed by atoms with Crippen molar-refractivity contribution in [1.29, 1.82) is 0 Å². The average Bonchev–Trinajstić information content (AvgIpc) is 2.85. The lowest BCUT2D eigenvalue weighted by Gasteiger charge is -2.10. The van der Waals surface area contributed by atoms with Crippen molar-refractivity contribution in [2.24, 2.45) is 0 Å². The highest BCUT2D eigenvalue weighted by atomic mass is 35.5. The average molecular weight is 337 g/mol. The van der Waals surface area contributed by atoms with Gasteiger partial charge in [0.05, 0.1) is 10.7 Å². The largest absolute Gasteiger partial charge is 0.267 e. The quantitative estimate of drug-likeness (QED) is 0.695. The van der Waals surface area contributed by atoms with E-state index >= 15 is 0 Å². The molecule has 1 aromatic carbocycles. The van der Waals surface area contributed by atoms with Crippen molar-refractivity contribution < 1.29 is 0 Å². The summed E-state index contributed by atoms with van der Waals surface area (Å²) in [6.07, 6.45) is 3.39. The van der Waals surface area contributed by atoms with Crippen molar-refractivity contribution in [3.63, 3.8) is 0 Å². The van der Waals surface area contributed by atoms with Crippen LogP contribution in [0.2, 0.25) is 10.0 Å². The van der Waals surface area contributed by atoms with Crippen molar-refractivity contribution in [2.75, 3.05) is 0 Å². The first-order chi connectivity index (χ1) is 10.1. The zero-order chi connectivity index (χ0) is 15.0. The van der Waals surface area contributed by atoms with Crippen LogP contribution in [0.3, 0.4) is 0 Å². The van der Waals surface area contributed by atoms with Crippen LogP contribution in [0.15, 0.2) is 36.7 Å². The summed E-state index contributed by atoms with van der Waals surface area (Å²) in [4.78, 5) is 4.00. The van der Waals surface area contributed by atoms with Crippen LogP contribution < -0.4 is 0 Å². The molecule has 2 heterocycles. The van der Waals surface area contributed by atoms with E-state index in [2.05, 4.69) is 15.2 Å². The molecule has 21 heavy (non-hydrogen) atoms. The molecule has 0 amide bonds. The maximum atomic E-state index is 6.34. The van der Waals surface area contributed by atoms with Gasteiger partial charge in [0.15, 0.2) is 10.6 Å². The Labute approximate surface area is 136 Å². The van der Waals surface area contributed by atoms with Gasteiger partial charge in [0.2, 0.25) is 0 Å². The van der Waals surface area contributed by atoms with Crippen LogP contribution in [-0.4, -0.2) is 19.7 Å². The molecular weight excluding hydrogens is 327 g/mol. The van der Waals surface area contributed by atoms with Crippen LogP contribution in [0.4, 0.5) is 0 Å². The Morgan fingerprint density at radius 3 is 2.57 bits per heavy atom. The second-order valence-corrected chi connectivity index (χ2v) is 5.68. The first-order valence-corrected chi connectivity index (χ1v) is 7.28. The van der Waals surface area contributed by atoms with Gasteiger partial charge in [0.25, 0.3) is 0 Å². The van der Waals surface area contributed by atoms with Crippen LogP contribution in [0.1, 0.15) is 5.56 Å². The van der Waals surface area contributed by atoms with Gasteiger partial charge in [-0.2, -0.15) is 5.10 Å². The molecule has 0 saturated carbocycles. The maximum Gasteiger partial charge on any atom is 0.200 e. The molecule has 0 saturated heterocycles. The van der Waals surface area contributed by atoms with E-state index in [0.29, 0.717) is 26.3 Å². The van der Waals surface area contributed by atoms with Gasteiger partial charge in [-0.3, -0.25) is 14.6 Å². The summed E-state index contributed by atoms with van der Waals surface area (Å²) in [7, 11) is 0. The number of pyridine rings is 1. The SMILES string of the molecule is Cc1cc(Cl)c(-n2c(-c3ccncc3)n[nH]c2=S)cc1Cl. The minimum Gasteiger partial charge on any atom is -0.267 e. The van der Waals surface area contributed by atoms with Gasteiger partial charge in [0, 0.05) is 23.0 Å². The fourth-order valence-electron chi connectivity index (χ4n) is 2.02. The summed E-state index contributed by atoms with van der Waals surface area (Å²) < 4.78 is 2.21. The fourth-order valence-corrected chi connectivity index (χ4v) is 2.71. The standard InChI is InChI=1S/C14H10Cl2N4S/c1-8-6-11(16)12(7-10(8)15)20-13(18-19-14(20)21)9-2-4-17-5-3-9/h2-7H,1H3,(H,19,21). The van der Waals surface area contributed by atoms with Crippen molar-refractivity contribution in [3.05, 3.63) is 57.0 Å². The summed E-state index contributed by atoms with van der Waals surface area (Å²) in [5, 5.41) is 8.24. The summed E-state index contributed by atoms with van der Waals surface area (Å²) in [5.41, 5.74) is 2.48. The van der Waals surface area contributed by atoms with E-state index in [4.69, 9.17) is 35.4 Å². The molecule has 0 spiro atoms. The summed E-state index contributed by atoms with van der Waals surface area (Å²) >= 11 is 17.9. The highest BCUT2D eigenvalue weighted by Crippen LogP contribution is 2.30. The third kappa shape index (κ3) is 2.60. The molecule has 3 rings (SSSR count). The molecule has 0 unspecified atom stereocenters. The number of aryl methyl sites for hydroxylation is 1. The number of hydrogen-bond acceptors (Lipinski definition) is 3. The molecule has 0 radical (unpaired) electrons. The van der Waals surface area contributed by atoms with Crippen LogP contribution in [0.25, 0.3) is 17.1 Å². The van der Waals surface area contributed by atoms with Gasteiger partial charge in [-0.15, -0.1) is 0 Å². The first-order valence-electron chi connectivity index (χ1n) is 6.12. The Bertz CT molecular complexity index is 855. The molecule has 106 valence electrons. The number of benzene rings is 1. The zero-order valence-corrected chi connectivity index (χ0v) is 13.3. The second kappa shape index (κ2) is 5.60. The Morgan fingerprint density at radius 2 is 1.86 bits per heavy atom. The molecule has 0 bridgehead atoms. The predicted molar refractivity (Wildman–Crippen MR) is 86.7 cm³/mol. The molecule has 2 aromatic heterocycles. The number of aromatic amines is 1. The number of halogens is 2. The zero-order valence-electron chi connectivity index (χ0n) is 11.0. The minimum absolute atomic E-state index is 0.448. The Balaban J connectivity index is 2.27. The van der Waals surface area contributed by atoms with Crippen molar-refractivity contribution in [3.8, 4) is 17.1 Å². The van der Waals surface area contributed by atoms with Crippen LogP contribution in [-0.2, 0) is 0 Å². The second-order valence-electron chi connectivity index (χ2n) is 4.48. The molecular formula is C14H10Cl2N4S. The molecule has 0 fully saturated rings. The summed E-state index contributed by atoms with van der Waals surface area (Å²) in [6.45, 7) is 1.90. The van der Waals surface area contributed by atoms with Gasteiger partial charge in [-0.25, -0.2) is 0 Å². The fraction of sp³-hybridized carbons (Fsp3) is 0.0714. The Hall–Kier alpha value is -1.69. The van der Waals surface area contributed by atoms with Gasteiger partial charge in [-0.05, 0) is 49.0 Å². The number of nitrogens with zero attached hydrogens (tertiary/aromatic N) is 3. The third-order valence-corrected chi connectivity index (χ3v) is 4.06. The van der Waals surface area contributed by atoms with Crippen molar-refractivity contribution in [2.45, 2.75) is 6.92 Å². The molecule has 0 aliphatic carbocycles. The molecule has 0 aliphatic heterocycles. The lowest BCUT2D eigenvalue weighted by molar-refractivity contribution is 1.03. The van der Waals surface area contributed by atoms with E-state index < -0.39 is 0 Å². The van der Waals surface area contributed by atoms with Crippen LogP contribution >= 0.6 is 35.4 Å². The highest BCUT2D eigenvalue weighted by Gasteiger charge is 2.14.